The van der Waals surface area contributed by atoms with E-state index in [2.05, 4.69) is 92.0 Å². The van der Waals surface area contributed by atoms with Gasteiger partial charge in [0.15, 0.2) is 5.12 Å². The molecule has 0 aliphatic carbocycles. The number of aldehydes is 1. The van der Waals surface area contributed by atoms with Crippen molar-refractivity contribution in [3.8, 4) is 0 Å². The van der Waals surface area contributed by atoms with E-state index in [4.69, 9.17) is 0 Å². The monoisotopic (exact) mass is 1000 g/mol. The summed E-state index contributed by atoms with van der Waals surface area (Å²) in [4.78, 5) is 44.0. The number of thiol groups is 1. The molecule has 0 aromatic heterocycles. The standard InChI is InChI=1S/C17H16O2S2.C17H20S2.C7H12O2S2.C5H10S.C5H12S/c18-16(14-8-3-1-4-9-14)20-12-7-13-21-17(19)15-10-5-2-6-11-15;1-3-8-16(9-4-1)14-18-12-7-13-19-15-17-10-5-2-6-11-17;1-7(9)11-5-2-4-10-6-3-8;1-2-4-6-5-3-1;1-2-3-4-5-6/h1-6,8-11H,7,12-13H2;1-6,8-11H,7,12-15H2;3H,2,4-6H2,1H3;1-5H2;6H,2-5H2,1H3. The van der Waals surface area contributed by atoms with Gasteiger partial charge in [-0.1, -0.05) is 183 Å². The Labute approximate surface area is 416 Å². The Morgan fingerprint density at radius 1 is 0.540 bits per heavy atom. The molecule has 0 unspecified atom stereocenters. The zero-order chi connectivity index (χ0) is 45.7. The Bertz CT molecular complexity index is 1530. The third-order valence-corrected chi connectivity index (χ3v) is 15.9. The fourth-order valence-electron chi connectivity index (χ4n) is 5.05. The third kappa shape index (κ3) is 38.2. The van der Waals surface area contributed by atoms with Crippen molar-refractivity contribution in [2.45, 2.75) is 83.1 Å². The summed E-state index contributed by atoms with van der Waals surface area (Å²) in [5.74, 6) is 12.6. The van der Waals surface area contributed by atoms with Crippen LogP contribution in [0.25, 0.3) is 0 Å². The highest BCUT2D eigenvalue weighted by molar-refractivity contribution is 8.15. The van der Waals surface area contributed by atoms with Crippen LogP contribution < -0.4 is 0 Å². The molecule has 0 amide bonds. The number of thioether (sulfide) groups is 7. The molecule has 12 heteroatoms. The molecule has 0 N–H and O–H groups in total. The van der Waals surface area contributed by atoms with Gasteiger partial charge in [-0.05, 0) is 84.2 Å². The predicted molar refractivity (Wildman–Crippen MR) is 297 cm³/mol. The molecular formula is C51H70O4S8. The topological polar surface area (TPSA) is 68.3 Å². The molecule has 4 aromatic carbocycles. The molecule has 5 rings (SSSR count). The molecule has 0 atom stereocenters. The van der Waals surface area contributed by atoms with Crippen LogP contribution in [0.3, 0.4) is 0 Å². The lowest BCUT2D eigenvalue weighted by molar-refractivity contribution is -0.109. The molecule has 63 heavy (non-hydrogen) atoms. The first kappa shape index (κ1) is 59.4. The largest absolute Gasteiger partial charge is 0.302 e. The number of rotatable bonds is 23. The van der Waals surface area contributed by atoms with E-state index in [1.165, 1.54) is 114 Å². The first-order valence-corrected chi connectivity index (χ1v) is 30.1. The highest BCUT2D eigenvalue weighted by Gasteiger charge is 2.08. The lowest BCUT2D eigenvalue weighted by Gasteiger charge is -2.05. The van der Waals surface area contributed by atoms with E-state index in [0.29, 0.717) is 5.75 Å². The number of unbranched alkanes of at least 4 members (excludes halogenated alkanes) is 2. The van der Waals surface area contributed by atoms with Crippen molar-refractivity contribution in [3.05, 3.63) is 144 Å². The van der Waals surface area contributed by atoms with Gasteiger partial charge >= 0.3 is 0 Å². The fraction of sp³-hybridized carbons (Fsp3) is 0.451. The molecule has 1 saturated heterocycles. The summed E-state index contributed by atoms with van der Waals surface area (Å²) in [5.41, 5.74) is 4.33. The highest BCUT2D eigenvalue weighted by Crippen LogP contribution is 2.19. The molecule has 0 spiro atoms. The van der Waals surface area contributed by atoms with E-state index < -0.39 is 0 Å². The summed E-state index contributed by atoms with van der Waals surface area (Å²) in [6, 6.07) is 40.0. The van der Waals surface area contributed by atoms with Crippen molar-refractivity contribution in [2.75, 3.05) is 57.5 Å². The molecule has 1 aliphatic rings. The van der Waals surface area contributed by atoms with E-state index in [0.717, 1.165) is 70.5 Å². The summed E-state index contributed by atoms with van der Waals surface area (Å²) in [6.45, 7) is 3.77. The van der Waals surface area contributed by atoms with Crippen LogP contribution in [0.15, 0.2) is 121 Å². The normalized spacial score (nSPS) is 11.4. The van der Waals surface area contributed by atoms with E-state index >= 15 is 0 Å². The zero-order valence-corrected chi connectivity index (χ0v) is 44.0. The quantitative estimate of drug-likeness (QED) is 0.0439. The number of hydrogen-bond donors (Lipinski definition) is 1. The van der Waals surface area contributed by atoms with Gasteiger partial charge in [-0.2, -0.15) is 59.7 Å². The molecular weight excluding hydrogens is 933 g/mol. The van der Waals surface area contributed by atoms with Crippen LogP contribution in [0.4, 0.5) is 0 Å². The van der Waals surface area contributed by atoms with Crippen LogP contribution in [-0.4, -0.2) is 79.2 Å². The minimum atomic E-state index is 0.0926. The second-order valence-corrected chi connectivity index (χ2v) is 22.3. The summed E-state index contributed by atoms with van der Waals surface area (Å²) in [5, 5.41) is 0.357. The molecule has 0 bridgehead atoms. The second-order valence-electron chi connectivity index (χ2n) is 13.8. The Hall–Kier alpha value is -1.64. The highest BCUT2D eigenvalue weighted by atomic mass is 32.2. The van der Waals surface area contributed by atoms with Gasteiger partial charge in [0.1, 0.15) is 6.29 Å². The molecule has 346 valence electrons. The summed E-state index contributed by atoms with van der Waals surface area (Å²) in [7, 11) is 0. The van der Waals surface area contributed by atoms with Gasteiger partial charge < -0.3 is 4.79 Å². The Morgan fingerprint density at radius 3 is 1.32 bits per heavy atom. The Balaban J connectivity index is 0.000000430. The average Bonchev–Trinajstić information content (AvgIpc) is 3.34. The lowest BCUT2D eigenvalue weighted by Crippen LogP contribution is -1.98. The van der Waals surface area contributed by atoms with E-state index in [-0.39, 0.29) is 15.3 Å². The summed E-state index contributed by atoms with van der Waals surface area (Å²) >= 11 is 15.8. The van der Waals surface area contributed by atoms with Gasteiger partial charge in [-0.25, -0.2) is 0 Å². The van der Waals surface area contributed by atoms with Crippen LogP contribution in [0.2, 0.25) is 0 Å². The van der Waals surface area contributed by atoms with Gasteiger partial charge in [0, 0.05) is 52.6 Å². The van der Waals surface area contributed by atoms with E-state index in [9.17, 15) is 19.2 Å². The van der Waals surface area contributed by atoms with Crippen LogP contribution >= 0.6 is 95.0 Å². The van der Waals surface area contributed by atoms with Crippen molar-refractivity contribution >= 4 is 117 Å². The van der Waals surface area contributed by atoms with Gasteiger partial charge in [0.25, 0.3) is 0 Å². The fourth-order valence-corrected chi connectivity index (χ4v) is 11.4. The van der Waals surface area contributed by atoms with Crippen molar-refractivity contribution < 1.29 is 19.2 Å². The van der Waals surface area contributed by atoms with Gasteiger partial charge in [0.05, 0.1) is 0 Å². The van der Waals surface area contributed by atoms with E-state index in [1.54, 1.807) is 18.7 Å². The number of carbonyl (C=O) groups is 4. The second kappa shape index (κ2) is 45.5. The SMILES string of the molecule is C1CCSCC1.CC(=O)SCCCSCC=O.CCCCCS.O=C(SCCCSC(=O)c1ccccc1)c1ccccc1.c1ccc(CSCCCSCc2ccccc2)cc1. The predicted octanol–water partition coefficient (Wildman–Crippen LogP) is 15.4. The maximum Gasteiger partial charge on any atom is 0.219 e. The van der Waals surface area contributed by atoms with Gasteiger partial charge in [-0.3, -0.25) is 14.4 Å². The minimum Gasteiger partial charge on any atom is -0.302 e. The van der Waals surface area contributed by atoms with Crippen molar-refractivity contribution in [1.82, 2.24) is 0 Å². The molecule has 1 heterocycles. The summed E-state index contributed by atoms with van der Waals surface area (Å²) < 4.78 is 0. The van der Waals surface area contributed by atoms with Crippen LogP contribution in [-0.2, 0) is 21.1 Å². The number of hydrogen-bond acceptors (Lipinski definition) is 12. The van der Waals surface area contributed by atoms with Crippen LogP contribution in [0.1, 0.15) is 103 Å². The van der Waals surface area contributed by atoms with Gasteiger partial charge in [0.2, 0.25) is 10.2 Å². The van der Waals surface area contributed by atoms with Crippen molar-refractivity contribution in [2.24, 2.45) is 0 Å². The molecule has 1 fully saturated rings. The molecule has 4 aromatic rings. The van der Waals surface area contributed by atoms with Crippen LogP contribution in [0.5, 0.6) is 0 Å². The number of carbonyl (C=O) groups excluding carboxylic acids is 4. The maximum absolute atomic E-state index is 11.9. The Morgan fingerprint density at radius 2 is 0.952 bits per heavy atom. The summed E-state index contributed by atoms with van der Waals surface area (Å²) in [6.07, 6.45) is 12.4. The molecule has 4 nitrogen and oxygen atoms in total. The molecule has 1 aliphatic heterocycles. The maximum atomic E-state index is 11.9. The smallest absolute Gasteiger partial charge is 0.219 e. The zero-order valence-electron chi connectivity index (χ0n) is 37.4. The number of benzene rings is 4. The van der Waals surface area contributed by atoms with Crippen LogP contribution in [0, 0.1) is 0 Å². The lowest BCUT2D eigenvalue weighted by atomic mass is 10.2. The molecule has 0 saturated carbocycles. The average molecular weight is 1000 g/mol. The van der Waals surface area contributed by atoms with Gasteiger partial charge in [-0.15, -0.1) is 0 Å². The van der Waals surface area contributed by atoms with Crippen molar-refractivity contribution in [3.63, 3.8) is 0 Å². The first-order chi connectivity index (χ1) is 30.9. The first-order valence-electron chi connectivity index (χ1n) is 21.9. The Kier molecular flexibility index (Phi) is 42.9. The van der Waals surface area contributed by atoms with E-state index in [1.807, 2.05) is 84.2 Å². The third-order valence-electron chi connectivity index (χ3n) is 8.34. The van der Waals surface area contributed by atoms with Crippen molar-refractivity contribution in [1.29, 1.82) is 0 Å². The molecule has 0 radical (unpaired) electrons. The minimum absolute atomic E-state index is 0.0926.